The minimum atomic E-state index is -0.367. The Kier molecular flexibility index (Phi) is 6.70. The Labute approximate surface area is 163 Å². The van der Waals surface area contributed by atoms with E-state index < -0.39 is 0 Å². The number of nitrogens with zero attached hydrogens (tertiary/aromatic N) is 3. The van der Waals surface area contributed by atoms with E-state index >= 15 is 0 Å². The van der Waals surface area contributed by atoms with Gasteiger partial charge in [0.25, 0.3) is 5.69 Å². The molecular formula is C20H24N4O2S. The zero-order valence-electron chi connectivity index (χ0n) is 15.4. The molecule has 1 aliphatic rings. The van der Waals surface area contributed by atoms with Crippen LogP contribution in [0.3, 0.4) is 0 Å². The number of rotatable bonds is 6. The molecule has 1 atom stereocenters. The molecule has 0 radical (unpaired) electrons. The van der Waals surface area contributed by atoms with Gasteiger partial charge in [-0.15, -0.1) is 11.8 Å². The maximum atomic E-state index is 10.9. The number of guanidine groups is 1. The van der Waals surface area contributed by atoms with Gasteiger partial charge in [0.05, 0.1) is 4.92 Å². The summed E-state index contributed by atoms with van der Waals surface area (Å²) >= 11 is 1.90. The monoisotopic (exact) mass is 384 g/mol. The van der Waals surface area contributed by atoms with E-state index in [1.165, 1.54) is 11.0 Å². The maximum Gasteiger partial charge on any atom is 0.269 e. The Hall–Kier alpha value is -2.54. The normalized spacial score (nSPS) is 17.1. The van der Waals surface area contributed by atoms with Crippen LogP contribution in [0.2, 0.25) is 0 Å². The fraction of sp³-hybridized carbons (Fsp3) is 0.350. The Morgan fingerprint density at radius 3 is 2.85 bits per heavy atom. The summed E-state index contributed by atoms with van der Waals surface area (Å²) < 4.78 is 0. The van der Waals surface area contributed by atoms with Gasteiger partial charge < -0.3 is 10.2 Å². The van der Waals surface area contributed by atoms with Crippen molar-refractivity contribution < 1.29 is 4.92 Å². The lowest BCUT2D eigenvalue weighted by Crippen LogP contribution is -2.39. The van der Waals surface area contributed by atoms with Crippen LogP contribution in [0.1, 0.15) is 12.0 Å². The molecule has 7 heteroatoms. The van der Waals surface area contributed by atoms with Gasteiger partial charge in [0, 0.05) is 49.5 Å². The summed E-state index contributed by atoms with van der Waals surface area (Å²) in [6.45, 7) is 2.48. The van der Waals surface area contributed by atoms with E-state index in [-0.39, 0.29) is 10.6 Å². The summed E-state index contributed by atoms with van der Waals surface area (Å²) in [5, 5.41) is 14.2. The quantitative estimate of drug-likeness (QED) is 0.270. The molecule has 0 amide bonds. The SMILES string of the molecule is CN=C(NCc1cccc([N+](=O)[O-])c1)N1CCC(CSc2ccccc2)C1. The minimum absolute atomic E-state index is 0.114. The van der Waals surface area contributed by atoms with Crippen molar-refractivity contribution in [1.29, 1.82) is 0 Å². The largest absolute Gasteiger partial charge is 0.352 e. The van der Waals surface area contributed by atoms with Crippen LogP contribution in [0, 0.1) is 16.0 Å². The molecule has 1 fully saturated rings. The number of aliphatic imine (C=N–C) groups is 1. The lowest BCUT2D eigenvalue weighted by atomic mass is 10.2. The third-order valence-electron chi connectivity index (χ3n) is 4.60. The Morgan fingerprint density at radius 2 is 2.11 bits per heavy atom. The molecule has 1 aliphatic heterocycles. The Balaban J connectivity index is 1.50. The standard InChI is InChI=1S/C20H24N4O2S/c1-21-20(22-13-16-6-5-7-18(12-16)24(25)26)23-11-10-17(14-23)15-27-19-8-3-2-4-9-19/h2-9,12,17H,10-11,13-15H2,1H3,(H,21,22). The lowest BCUT2D eigenvalue weighted by molar-refractivity contribution is -0.384. The van der Waals surface area contributed by atoms with Crippen LogP contribution in [-0.2, 0) is 6.54 Å². The maximum absolute atomic E-state index is 10.9. The van der Waals surface area contributed by atoms with Crippen molar-refractivity contribution in [2.24, 2.45) is 10.9 Å². The third kappa shape index (κ3) is 5.47. The van der Waals surface area contributed by atoms with Gasteiger partial charge in [-0.1, -0.05) is 30.3 Å². The fourth-order valence-electron chi connectivity index (χ4n) is 3.19. The molecule has 0 spiro atoms. The molecule has 6 nitrogen and oxygen atoms in total. The molecule has 3 rings (SSSR count). The van der Waals surface area contributed by atoms with Gasteiger partial charge in [-0.25, -0.2) is 0 Å². The predicted molar refractivity (Wildman–Crippen MR) is 110 cm³/mol. The van der Waals surface area contributed by atoms with Crippen LogP contribution in [0.15, 0.2) is 64.5 Å². The number of likely N-dealkylation sites (tertiary alicyclic amines) is 1. The lowest BCUT2D eigenvalue weighted by Gasteiger charge is -2.21. The number of nitrogens with one attached hydrogen (secondary N) is 1. The Bertz CT molecular complexity index is 798. The van der Waals surface area contributed by atoms with E-state index in [0.29, 0.717) is 12.5 Å². The summed E-state index contributed by atoms with van der Waals surface area (Å²) in [5.74, 6) is 2.59. The second-order valence-electron chi connectivity index (χ2n) is 6.55. The van der Waals surface area contributed by atoms with Gasteiger partial charge in [0.2, 0.25) is 0 Å². The highest BCUT2D eigenvalue weighted by Gasteiger charge is 2.24. The van der Waals surface area contributed by atoms with Crippen LogP contribution in [0.25, 0.3) is 0 Å². The number of non-ortho nitro benzene ring substituents is 1. The highest BCUT2D eigenvalue weighted by atomic mass is 32.2. The number of hydrogen-bond acceptors (Lipinski definition) is 4. The van der Waals surface area contributed by atoms with Gasteiger partial charge in [-0.2, -0.15) is 0 Å². The number of benzene rings is 2. The van der Waals surface area contributed by atoms with Crippen molar-refractivity contribution in [2.75, 3.05) is 25.9 Å². The highest BCUT2D eigenvalue weighted by molar-refractivity contribution is 7.99. The predicted octanol–water partition coefficient (Wildman–Crippen LogP) is 3.78. The summed E-state index contributed by atoms with van der Waals surface area (Å²) in [6, 6.07) is 17.2. The topological polar surface area (TPSA) is 70.8 Å². The van der Waals surface area contributed by atoms with Gasteiger partial charge in [-0.05, 0) is 30.0 Å². The van der Waals surface area contributed by atoms with Crippen molar-refractivity contribution >= 4 is 23.4 Å². The van der Waals surface area contributed by atoms with E-state index in [2.05, 4.69) is 39.5 Å². The third-order valence-corrected chi connectivity index (χ3v) is 5.84. The number of thioether (sulfide) groups is 1. The molecular weight excluding hydrogens is 360 g/mol. The first-order valence-corrected chi connectivity index (χ1v) is 10.0. The van der Waals surface area contributed by atoms with E-state index in [9.17, 15) is 10.1 Å². The van der Waals surface area contributed by atoms with Crippen molar-refractivity contribution in [2.45, 2.75) is 17.9 Å². The van der Waals surface area contributed by atoms with Crippen LogP contribution in [0.4, 0.5) is 5.69 Å². The zero-order valence-corrected chi connectivity index (χ0v) is 16.2. The number of nitro groups is 1. The second-order valence-corrected chi connectivity index (χ2v) is 7.65. The molecule has 1 N–H and O–H groups in total. The molecule has 142 valence electrons. The van der Waals surface area contributed by atoms with Crippen molar-refractivity contribution in [3.8, 4) is 0 Å². The van der Waals surface area contributed by atoms with E-state index in [4.69, 9.17) is 0 Å². The molecule has 1 saturated heterocycles. The van der Waals surface area contributed by atoms with Crippen molar-refractivity contribution in [3.63, 3.8) is 0 Å². The molecule has 0 bridgehead atoms. The molecule has 2 aromatic rings. The molecule has 0 aliphatic carbocycles. The summed E-state index contributed by atoms with van der Waals surface area (Å²) in [6.07, 6.45) is 1.15. The van der Waals surface area contributed by atoms with E-state index in [1.807, 2.05) is 23.9 Å². The molecule has 1 unspecified atom stereocenters. The van der Waals surface area contributed by atoms with Crippen LogP contribution >= 0.6 is 11.8 Å². The smallest absolute Gasteiger partial charge is 0.269 e. The molecule has 0 saturated carbocycles. The van der Waals surface area contributed by atoms with Crippen molar-refractivity contribution in [1.82, 2.24) is 10.2 Å². The molecule has 0 aromatic heterocycles. The average Bonchev–Trinajstić information content (AvgIpc) is 3.17. The number of nitro benzene ring substituents is 1. The molecule has 2 aromatic carbocycles. The van der Waals surface area contributed by atoms with Gasteiger partial charge in [0.15, 0.2) is 5.96 Å². The Morgan fingerprint density at radius 1 is 1.30 bits per heavy atom. The van der Waals surface area contributed by atoms with Gasteiger partial charge in [0.1, 0.15) is 0 Å². The summed E-state index contributed by atoms with van der Waals surface area (Å²) in [4.78, 5) is 18.5. The minimum Gasteiger partial charge on any atom is -0.352 e. The van der Waals surface area contributed by atoms with Crippen molar-refractivity contribution in [3.05, 3.63) is 70.3 Å². The van der Waals surface area contributed by atoms with Crippen LogP contribution in [-0.4, -0.2) is 41.7 Å². The van der Waals surface area contributed by atoms with E-state index in [0.717, 1.165) is 36.8 Å². The first kappa shape index (κ1) is 19.2. The first-order chi connectivity index (χ1) is 13.2. The van der Waals surface area contributed by atoms with Gasteiger partial charge in [-0.3, -0.25) is 15.1 Å². The van der Waals surface area contributed by atoms with E-state index in [1.54, 1.807) is 19.2 Å². The fourth-order valence-corrected chi connectivity index (χ4v) is 4.24. The average molecular weight is 385 g/mol. The van der Waals surface area contributed by atoms with Crippen LogP contribution in [0.5, 0.6) is 0 Å². The second kappa shape index (κ2) is 9.41. The van der Waals surface area contributed by atoms with Gasteiger partial charge >= 0.3 is 0 Å². The summed E-state index contributed by atoms with van der Waals surface area (Å²) in [7, 11) is 1.78. The molecule has 1 heterocycles. The molecule has 27 heavy (non-hydrogen) atoms. The highest BCUT2D eigenvalue weighted by Crippen LogP contribution is 2.26. The summed E-state index contributed by atoms with van der Waals surface area (Å²) in [5.41, 5.74) is 0.990. The van der Waals surface area contributed by atoms with Crippen LogP contribution < -0.4 is 5.32 Å². The number of hydrogen-bond donors (Lipinski definition) is 1. The first-order valence-electron chi connectivity index (χ1n) is 9.02. The zero-order chi connectivity index (χ0) is 19.1.